The van der Waals surface area contributed by atoms with Crippen molar-refractivity contribution in [2.24, 2.45) is 0 Å². The van der Waals surface area contributed by atoms with Gasteiger partial charge in [-0.2, -0.15) is 0 Å². The Morgan fingerprint density at radius 3 is 1.96 bits per heavy atom. The average Bonchev–Trinajstić information content (AvgIpc) is 2.62. The molecule has 6 nitrogen and oxygen atoms in total. The fraction of sp³-hybridized carbons (Fsp3) is 0.222. The molecule has 0 saturated carbocycles. The van der Waals surface area contributed by atoms with E-state index in [-0.39, 0.29) is 19.8 Å². The normalized spacial score (nSPS) is 11.5. The molecule has 0 aliphatic heterocycles. The maximum Gasteiger partial charge on any atom is 0.340 e. The highest BCUT2D eigenvalue weighted by atomic mass is 16.7. The zero-order valence-electron chi connectivity index (χ0n) is 13.0. The predicted molar refractivity (Wildman–Crippen MR) is 85.4 cm³/mol. The number of ether oxygens (including phenoxy) is 3. The highest BCUT2D eigenvalue weighted by Crippen LogP contribution is 2.03. The number of hydrogen-bond acceptors (Lipinski definition) is 6. The largest absolute Gasteiger partial charge is 0.460 e. The Kier molecular flexibility index (Phi) is 6.94. The Morgan fingerprint density at radius 1 is 0.833 bits per heavy atom. The van der Waals surface area contributed by atoms with Crippen molar-refractivity contribution >= 4 is 11.9 Å². The van der Waals surface area contributed by atoms with Crippen molar-refractivity contribution < 1.29 is 28.9 Å². The molecule has 1 N–H and O–H groups in total. The van der Waals surface area contributed by atoms with Crippen LogP contribution in [0.25, 0.3) is 0 Å². The third-order valence-corrected chi connectivity index (χ3v) is 2.98. The molecular weight excluding hydrogens is 312 g/mol. The molecule has 2 aromatic carbocycles. The molecular formula is C18H18O6. The van der Waals surface area contributed by atoms with E-state index in [1.165, 1.54) is 0 Å². The summed E-state index contributed by atoms with van der Waals surface area (Å²) in [4.78, 5) is 23.3. The van der Waals surface area contributed by atoms with Gasteiger partial charge in [0.25, 0.3) is 0 Å². The minimum absolute atomic E-state index is 0.0348. The van der Waals surface area contributed by atoms with E-state index in [1.807, 2.05) is 0 Å². The fourth-order valence-corrected chi connectivity index (χ4v) is 1.83. The van der Waals surface area contributed by atoms with Crippen molar-refractivity contribution in [3.05, 3.63) is 71.8 Å². The maximum absolute atomic E-state index is 11.7. The number of hydrogen-bond donors (Lipinski definition) is 1. The van der Waals surface area contributed by atoms with Crippen LogP contribution in [0.5, 0.6) is 0 Å². The summed E-state index contributed by atoms with van der Waals surface area (Å²) in [5.41, 5.74) is 0.794. The van der Waals surface area contributed by atoms with Gasteiger partial charge in [0.05, 0.1) is 17.7 Å². The molecule has 2 rings (SSSR count). The molecule has 0 amide bonds. The summed E-state index contributed by atoms with van der Waals surface area (Å²) in [6, 6.07) is 16.9. The van der Waals surface area contributed by atoms with Crippen LogP contribution in [-0.4, -0.2) is 43.2 Å². The van der Waals surface area contributed by atoms with E-state index in [0.29, 0.717) is 11.1 Å². The molecule has 2 aromatic rings. The van der Waals surface area contributed by atoms with E-state index >= 15 is 0 Å². The van der Waals surface area contributed by atoms with E-state index in [2.05, 4.69) is 0 Å². The smallest absolute Gasteiger partial charge is 0.340 e. The molecule has 0 aliphatic carbocycles. The number of aliphatic hydroxyl groups excluding tert-OH is 1. The monoisotopic (exact) mass is 330 g/mol. The van der Waals surface area contributed by atoms with E-state index < -0.39 is 18.2 Å². The number of aliphatic hydroxyl groups is 1. The molecule has 6 heteroatoms. The van der Waals surface area contributed by atoms with Crippen LogP contribution < -0.4 is 0 Å². The third-order valence-electron chi connectivity index (χ3n) is 2.98. The summed E-state index contributed by atoms with van der Waals surface area (Å²) in [7, 11) is 0. The molecule has 0 bridgehead atoms. The van der Waals surface area contributed by atoms with Crippen LogP contribution in [0.1, 0.15) is 20.7 Å². The van der Waals surface area contributed by atoms with Gasteiger partial charge in [-0.3, -0.25) is 0 Å². The van der Waals surface area contributed by atoms with Crippen LogP contribution in [0.3, 0.4) is 0 Å². The summed E-state index contributed by atoms with van der Waals surface area (Å²) < 4.78 is 14.9. The number of carbonyl (C=O) groups excluding carboxylic acids is 2. The lowest BCUT2D eigenvalue weighted by Gasteiger charge is -2.12. The van der Waals surface area contributed by atoms with E-state index in [0.717, 1.165) is 0 Å². The molecule has 0 heterocycles. The van der Waals surface area contributed by atoms with Gasteiger partial charge in [0.2, 0.25) is 6.29 Å². The van der Waals surface area contributed by atoms with Gasteiger partial charge < -0.3 is 19.3 Å². The van der Waals surface area contributed by atoms with E-state index in [9.17, 15) is 14.7 Å². The van der Waals surface area contributed by atoms with E-state index in [1.54, 1.807) is 60.7 Å². The standard InChI is InChI=1S/C18H18O6/c19-16(24-18(21)15-9-5-2-6-10-15)13-22-11-12-23-17(20)14-7-3-1-4-8-14/h1-10,16,19H,11-13H2. The number of benzene rings is 2. The topological polar surface area (TPSA) is 82.1 Å². The van der Waals surface area contributed by atoms with Crippen molar-refractivity contribution in [3.63, 3.8) is 0 Å². The molecule has 126 valence electrons. The van der Waals surface area contributed by atoms with Gasteiger partial charge in [0.1, 0.15) is 13.2 Å². The van der Waals surface area contributed by atoms with Gasteiger partial charge in [-0.15, -0.1) is 0 Å². The fourth-order valence-electron chi connectivity index (χ4n) is 1.83. The van der Waals surface area contributed by atoms with Gasteiger partial charge >= 0.3 is 11.9 Å². The molecule has 0 fully saturated rings. The molecule has 0 saturated heterocycles. The highest BCUT2D eigenvalue weighted by Gasteiger charge is 2.13. The Labute approximate surface area is 139 Å². The summed E-state index contributed by atoms with van der Waals surface area (Å²) in [5, 5.41) is 9.59. The lowest BCUT2D eigenvalue weighted by molar-refractivity contribution is -0.108. The second-order valence-corrected chi connectivity index (χ2v) is 4.80. The first kappa shape index (κ1) is 17.7. The van der Waals surface area contributed by atoms with Gasteiger partial charge in [-0.05, 0) is 24.3 Å². The van der Waals surface area contributed by atoms with Gasteiger partial charge in [0.15, 0.2) is 0 Å². The van der Waals surface area contributed by atoms with Crippen molar-refractivity contribution in [1.29, 1.82) is 0 Å². The molecule has 0 radical (unpaired) electrons. The highest BCUT2D eigenvalue weighted by molar-refractivity contribution is 5.89. The number of rotatable bonds is 8. The maximum atomic E-state index is 11.7. The number of esters is 2. The van der Waals surface area contributed by atoms with Crippen LogP contribution in [0.2, 0.25) is 0 Å². The second kappa shape index (κ2) is 9.44. The quantitative estimate of drug-likeness (QED) is 0.453. The van der Waals surface area contributed by atoms with Crippen molar-refractivity contribution in [2.75, 3.05) is 19.8 Å². The summed E-state index contributed by atoms with van der Waals surface area (Å²) >= 11 is 0. The molecule has 0 aliphatic rings. The van der Waals surface area contributed by atoms with Crippen molar-refractivity contribution in [3.8, 4) is 0 Å². The average molecular weight is 330 g/mol. The molecule has 1 atom stereocenters. The summed E-state index contributed by atoms with van der Waals surface area (Å²) in [6.07, 6.45) is -1.39. The van der Waals surface area contributed by atoms with Crippen LogP contribution in [-0.2, 0) is 14.2 Å². The first-order chi connectivity index (χ1) is 11.7. The minimum Gasteiger partial charge on any atom is -0.460 e. The van der Waals surface area contributed by atoms with Crippen molar-refractivity contribution in [1.82, 2.24) is 0 Å². The summed E-state index contributed by atoms with van der Waals surface area (Å²) in [5.74, 6) is -1.09. The lowest BCUT2D eigenvalue weighted by Crippen LogP contribution is -2.24. The predicted octanol–water partition coefficient (Wildman–Crippen LogP) is 2.04. The van der Waals surface area contributed by atoms with E-state index in [4.69, 9.17) is 14.2 Å². The van der Waals surface area contributed by atoms with Crippen LogP contribution in [0.15, 0.2) is 60.7 Å². The Morgan fingerprint density at radius 2 is 1.38 bits per heavy atom. The lowest BCUT2D eigenvalue weighted by atomic mass is 10.2. The second-order valence-electron chi connectivity index (χ2n) is 4.80. The first-order valence-corrected chi connectivity index (χ1v) is 7.41. The SMILES string of the molecule is O=C(OCCOCC(O)OC(=O)c1ccccc1)c1ccccc1. The van der Waals surface area contributed by atoms with Gasteiger partial charge in [-0.25, -0.2) is 9.59 Å². The molecule has 0 spiro atoms. The zero-order valence-corrected chi connectivity index (χ0v) is 13.0. The van der Waals surface area contributed by atoms with Crippen LogP contribution >= 0.6 is 0 Å². The van der Waals surface area contributed by atoms with Crippen LogP contribution in [0.4, 0.5) is 0 Å². The Bertz CT molecular complexity index is 641. The first-order valence-electron chi connectivity index (χ1n) is 7.41. The number of carbonyl (C=O) groups is 2. The third kappa shape index (κ3) is 5.83. The Balaban J connectivity index is 1.60. The van der Waals surface area contributed by atoms with Crippen molar-refractivity contribution in [2.45, 2.75) is 6.29 Å². The molecule has 24 heavy (non-hydrogen) atoms. The minimum atomic E-state index is -1.39. The molecule has 0 aromatic heterocycles. The molecule has 1 unspecified atom stereocenters. The van der Waals surface area contributed by atoms with Gasteiger partial charge in [0, 0.05) is 0 Å². The summed E-state index contributed by atoms with van der Waals surface area (Å²) in [6.45, 7) is -0.0902. The zero-order chi connectivity index (χ0) is 17.2. The Hall–Kier alpha value is -2.70. The van der Waals surface area contributed by atoms with Gasteiger partial charge in [-0.1, -0.05) is 36.4 Å². The van der Waals surface area contributed by atoms with Crippen LogP contribution in [0, 0.1) is 0 Å².